The number of Topliss-reactive ketones (excluding diaryl/α,β-unsaturated/α-hetero) is 1. The lowest BCUT2D eigenvalue weighted by atomic mass is 9.87. The smallest absolute Gasteiger partial charge is 0.343 e. The van der Waals surface area contributed by atoms with Gasteiger partial charge in [-0.05, 0) is 46.9 Å². The third-order valence-electron chi connectivity index (χ3n) is 5.22. The second kappa shape index (κ2) is 8.35. The van der Waals surface area contributed by atoms with Gasteiger partial charge >= 0.3 is 5.97 Å². The van der Waals surface area contributed by atoms with Crippen LogP contribution >= 0.6 is 0 Å². The number of benzene rings is 3. The number of hydrogen-bond acceptors (Lipinski definition) is 6. The number of allylic oxidation sites excluding steroid dienone is 1. The summed E-state index contributed by atoms with van der Waals surface area (Å²) in [5.41, 5.74) is 2.18. The highest BCUT2D eigenvalue weighted by atomic mass is 16.6. The number of non-ortho nitro benzene ring substituents is 1. The largest absolute Gasteiger partial charge is 0.452 e. The van der Waals surface area contributed by atoms with Crippen molar-refractivity contribution in [1.29, 1.82) is 0 Å². The molecule has 0 atom stereocenters. The Bertz CT molecular complexity index is 1300. The minimum Gasteiger partial charge on any atom is -0.452 e. The van der Waals surface area contributed by atoms with Gasteiger partial charge in [0.25, 0.3) is 5.69 Å². The molecule has 7 heteroatoms. The summed E-state index contributed by atoms with van der Waals surface area (Å²) in [4.78, 5) is 35.6. The molecule has 0 saturated carbocycles. The Morgan fingerprint density at radius 1 is 1.03 bits per heavy atom. The molecule has 0 aliphatic carbocycles. The van der Waals surface area contributed by atoms with Crippen molar-refractivity contribution in [3.8, 4) is 11.5 Å². The van der Waals surface area contributed by atoms with Crippen LogP contribution in [0.1, 0.15) is 52.6 Å². The van der Waals surface area contributed by atoms with Crippen molar-refractivity contribution in [3.05, 3.63) is 105 Å². The number of hydrogen-bond donors (Lipinski definition) is 0. The summed E-state index contributed by atoms with van der Waals surface area (Å²) in [6, 6.07) is 17.6. The molecule has 1 heterocycles. The van der Waals surface area contributed by atoms with E-state index in [9.17, 15) is 19.7 Å². The molecule has 1 aliphatic rings. The fourth-order valence-electron chi connectivity index (χ4n) is 3.38. The van der Waals surface area contributed by atoms with Crippen molar-refractivity contribution in [1.82, 2.24) is 0 Å². The lowest BCUT2D eigenvalue weighted by Crippen LogP contribution is -2.12. The number of carbonyl (C=O) groups is 2. The van der Waals surface area contributed by atoms with Gasteiger partial charge in [0.05, 0.1) is 16.1 Å². The average Bonchev–Trinajstić information content (AvgIpc) is 3.08. The molecular formula is C26H21NO6. The number of nitro benzene ring substituents is 1. The van der Waals surface area contributed by atoms with Crippen LogP contribution in [0.3, 0.4) is 0 Å². The molecular weight excluding hydrogens is 422 g/mol. The molecule has 3 aromatic carbocycles. The van der Waals surface area contributed by atoms with Gasteiger partial charge in [-0.15, -0.1) is 0 Å². The highest BCUT2D eigenvalue weighted by Crippen LogP contribution is 2.35. The third-order valence-corrected chi connectivity index (χ3v) is 5.22. The molecule has 7 nitrogen and oxygen atoms in total. The second-order valence-corrected chi connectivity index (χ2v) is 8.67. The number of fused-ring (bicyclic) bond motifs is 1. The van der Waals surface area contributed by atoms with Crippen LogP contribution in [0.4, 0.5) is 5.69 Å². The van der Waals surface area contributed by atoms with Crippen LogP contribution in [0.25, 0.3) is 6.08 Å². The Morgan fingerprint density at radius 3 is 2.42 bits per heavy atom. The quantitative estimate of drug-likeness (QED) is 0.168. The van der Waals surface area contributed by atoms with E-state index < -0.39 is 10.9 Å². The van der Waals surface area contributed by atoms with Crippen LogP contribution in [0.5, 0.6) is 11.5 Å². The summed E-state index contributed by atoms with van der Waals surface area (Å²) in [5, 5.41) is 11.0. The Balaban J connectivity index is 1.51. The van der Waals surface area contributed by atoms with Gasteiger partial charge < -0.3 is 9.47 Å². The predicted octanol–water partition coefficient (Wildman–Crippen LogP) is 5.73. The van der Waals surface area contributed by atoms with Crippen LogP contribution in [-0.2, 0) is 5.41 Å². The van der Waals surface area contributed by atoms with Crippen molar-refractivity contribution in [2.24, 2.45) is 0 Å². The molecule has 0 N–H and O–H groups in total. The number of nitrogens with zero attached hydrogens (tertiary/aromatic N) is 1. The first-order valence-electron chi connectivity index (χ1n) is 10.3. The van der Waals surface area contributed by atoms with Gasteiger partial charge in [0, 0.05) is 18.2 Å². The average molecular weight is 443 g/mol. The molecule has 1 aliphatic heterocycles. The summed E-state index contributed by atoms with van der Waals surface area (Å²) in [6.07, 6.45) is 1.44. The number of ether oxygens (including phenoxy) is 2. The van der Waals surface area contributed by atoms with E-state index >= 15 is 0 Å². The molecule has 0 aromatic heterocycles. The number of ketones is 1. The lowest BCUT2D eigenvalue weighted by Gasteiger charge is -2.18. The predicted molar refractivity (Wildman–Crippen MR) is 123 cm³/mol. The molecule has 0 amide bonds. The van der Waals surface area contributed by atoms with E-state index in [2.05, 4.69) is 20.8 Å². The Labute approximate surface area is 190 Å². The first kappa shape index (κ1) is 22.0. The van der Waals surface area contributed by atoms with Crippen molar-refractivity contribution in [3.63, 3.8) is 0 Å². The zero-order chi connectivity index (χ0) is 23.8. The van der Waals surface area contributed by atoms with E-state index in [1.807, 2.05) is 12.1 Å². The molecule has 3 aromatic rings. The standard InChI is InChI=1S/C26H21NO6/c1-26(2,3)18-9-7-17(8-10-18)25(29)32-20-11-12-21-22(15-20)33-23(24(21)28)14-16-5-4-6-19(13-16)27(30)31/h4-15H,1-3H3. The molecule has 0 saturated heterocycles. The maximum Gasteiger partial charge on any atom is 0.343 e. The summed E-state index contributed by atoms with van der Waals surface area (Å²) < 4.78 is 11.1. The van der Waals surface area contributed by atoms with E-state index in [0.717, 1.165) is 5.56 Å². The Hall–Kier alpha value is -4.26. The van der Waals surface area contributed by atoms with Crippen molar-refractivity contribution in [2.45, 2.75) is 26.2 Å². The maximum atomic E-state index is 12.7. The minimum atomic E-state index is -0.521. The SMILES string of the molecule is CC(C)(C)c1ccc(C(=O)Oc2ccc3c(c2)OC(=Cc2cccc([N+](=O)[O-])c2)C3=O)cc1. The van der Waals surface area contributed by atoms with Crippen molar-refractivity contribution >= 4 is 23.5 Å². The van der Waals surface area contributed by atoms with Crippen LogP contribution in [0.15, 0.2) is 72.5 Å². The first-order valence-corrected chi connectivity index (χ1v) is 10.3. The highest BCUT2D eigenvalue weighted by Gasteiger charge is 2.28. The zero-order valence-electron chi connectivity index (χ0n) is 18.3. The molecule has 33 heavy (non-hydrogen) atoms. The lowest BCUT2D eigenvalue weighted by molar-refractivity contribution is -0.384. The molecule has 0 unspecified atom stereocenters. The molecule has 166 valence electrons. The van der Waals surface area contributed by atoms with Gasteiger partial charge in [0.15, 0.2) is 5.76 Å². The first-order chi connectivity index (χ1) is 15.6. The topological polar surface area (TPSA) is 95.7 Å². The summed E-state index contributed by atoms with van der Waals surface area (Å²) in [7, 11) is 0. The van der Waals surface area contributed by atoms with Crippen molar-refractivity contribution in [2.75, 3.05) is 0 Å². The second-order valence-electron chi connectivity index (χ2n) is 8.67. The van der Waals surface area contributed by atoms with Gasteiger partial charge in [-0.25, -0.2) is 4.79 Å². The molecule has 0 spiro atoms. The van der Waals surface area contributed by atoms with Crippen LogP contribution in [0.2, 0.25) is 0 Å². The summed E-state index contributed by atoms with van der Waals surface area (Å²) in [6.45, 7) is 6.27. The van der Waals surface area contributed by atoms with Crippen LogP contribution in [-0.4, -0.2) is 16.7 Å². The number of esters is 1. The third kappa shape index (κ3) is 4.67. The normalized spacial score (nSPS) is 14.0. The van der Waals surface area contributed by atoms with Crippen LogP contribution < -0.4 is 9.47 Å². The highest BCUT2D eigenvalue weighted by molar-refractivity contribution is 6.14. The Kier molecular flexibility index (Phi) is 5.55. The van der Waals surface area contributed by atoms with Crippen molar-refractivity contribution < 1.29 is 24.0 Å². The van der Waals surface area contributed by atoms with E-state index in [1.165, 1.54) is 42.5 Å². The van der Waals surface area contributed by atoms with Crippen LogP contribution in [0, 0.1) is 10.1 Å². The summed E-state index contributed by atoms with van der Waals surface area (Å²) >= 11 is 0. The van der Waals surface area contributed by atoms with E-state index in [-0.39, 0.29) is 34.1 Å². The summed E-state index contributed by atoms with van der Waals surface area (Å²) in [5.74, 6) is -0.348. The van der Waals surface area contributed by atoms with Gasteiger partial charge in [-0.1, -0.05) is 45.0 Å². The number of rotatable bonds is 4. The van der Waals surface area contributed by atoms with Gasteiger partial charge in [-0.2, -0.15) is 0 Å². The molecule has 0 fully saturated rings. The molecule has 4 rings (SSSR count). The van der Waals surface area contributed by atoms with Gasteiger partial charge in [-0.3, -0.25) is 14.9 Å². The van der Waals surface area contributed by atoms with Gasteiger partial charge in [0.2, 0.25) is 5.78 Å². The number of carbonyl (C=O) groups excluding carboxylic acids is 2. The fraction of sp³-hybridized carbons (Fsp3) is 0.154. The molecule has 0 radical (unpaired) electrons. The number of nitro groups is 1. The Morgan fingerprint density at radius 2 is 1.76 bits per heavy atom. The van der Waals surface area contributed by atoms with E-state index in [1.54, 1.807) is 18.2 Å². The zero-order valence-corrected chi connectivity index (χ0v) is 18.3. The van der Waals surface area contributed by atoms with E-state index in [4.69, 9.17) is 9.47 Å². The van der Waals surface area contributed by atoms with Gasteiger partial charge in [0.1, 0.15) is 11.5 Å². The molecule has 0 bridgehead atoms. The van der Waals surface area contributed by atoms with E-state index in [0.29, 0.717) is 16.7 Å². The minimum absolute atomic E-state index is 0.0256. The maximum absolute atomic E-state index is 12.7. The monoisotopic (exact) mass is 443 g/mol. The fourth-order valence-corrected chi connectivity index (χ4v) is 3.38.